The average molecular weight is 426 g/mol. The second kappa shape index (κ2) is 8.23. The zero-order chi connectivity index (χ0) is 21.3. The van der Waals surface area contributed by atoms with Crippen LogP contribution in [0.15, 0.2) is 24.4 Å². The molecule has 30 heavy (non-hydrogen) atoms. The summed E-state index contributed by atoms with van der Waals surface area (Å²) in [5, 5.41) is 12.5. The number of anilines is 1. The van der Waals surface area contributed by atoms with Crippen molar-refractivity contribution in [3.8, 4) is 27.8 Å². The number of hydrogen-bond acceptors (Lipinski definition) is 9. The van der Waals surface area contributed by atoms with E-state index in [0.29, 0.717) is 29.0 Å². The van der Waals surface area contributed by atoms with Crippen LogP contribution in [0.5, 0.6) is 5.88 Å². The number of methoxy groups -OCH3 is 1. The second-order valence-corrected chi connectivity index (χ2v) is 9.35. The molecule has 0 saturated carbocycles. The fourth-order valence-electron chi connectivity index (χ4n) is 3.61. The van der Waals surface area contributed by atoms with Crippen molar-refractivity contribution in [1.82, 2.24) is 29.9 Å². The highest BCUT2D eigenvalue weighted by molar-refractivity contribution is 7.09. The highest BCUT2D eigenvalue weighted by Crippen LogP contribution is 2.31. The zero-order valence-corrected chi connectivity index (χ0v) is 18.8. The van der Waals surface area contributed by atoms with Crippen LogP contribution in [0.2, 0.25) is 0 Å². The molecular formula is C21H27N7OS. The predicted octanol–water partition coefficient (Wildman–Crippen LogP) is 3.34. The first kappa shape index (κ1) is 20.6. The van der Waals surface area contributed by atoms with Gasteiger partial charge < -0.3 is 15.0 Å². The Labute approximate surface area is 180 Å². The van der Waals surface area contributed by atoms with Crippen LogP contribution >= 0.6 is 11.5 Å². The van der Waals surface area contributed by atoms with Gasteiger partial charge in [-0.3, -0.25) is 0 Å². The Morgan fingerprint density at radius 1 is 1.20 bits per heavy atom. The highest BCUT2D eigenvalue weighted by atomic mass is 32.1. The first-order valence-corrected chi connectivity index (χ1v) is 10.8. The van der Waals surface area contributed by atoms with Gasteiger partial charge in [0.25, 0.3) is 0 Å². The Morgan fingerprint density at radius 2 is 2.03 bits per heavy atom. The van der Waals surface area contributed by atoms with Crippen molar-refractivity contribution in [3.63, 3.8) is 0 Å². The first-order chi connectivity index (χ1) is 14.3. The largest absolute Gasteiger partial charge is 0.479 e. The number of hydrogen-bond donors (Lipinski definition) is 1. The van der Waals surface area contributed by atoms with E-state index < -0.39 is 0 Å². The third-order valence-corrected chi connectivity index (χ3v) is 5.74. The molecule has 158 valence electrons. The zero-order valence-electron chi connectivity index (χ0n) is 18.0. The van der Waals surface area contributed by atoms with Gasteiger partial charge in [-0.25, -0.2) is 9.97 Å². The van der Waals surface area contributed by atoms with Crippen LogP contribution in [0.3, 0.4) is 0 Å². The molecule has 1 atom stereocenters. The highest BCUT2D eigenvalue weighted by Gasteiger charge is 2.26. The Bertz CT molecular complexity index is 1010. The van der Waals surface area contributed by atoms with Crippen LogP contribution in [0.4, 0.5) is 5.82 Å². The molecule has 0 aliphatic carbocycles. The molecule has 1 fully saturated rings. The normalized spacial score (nSPS) is 16.8. The van der Waals surface area contributed by atoms with E-state index in [2.05, 4.69) is 55.5 Å². The van der Waals surface area contributed by atoms with Gasteiger partial charge in [-0.2, -0.15) is 4.37 Å². The van der Waals surface area contributed by atoms with E-state index in [0.717, 1.165) is 35.9 Å². The predicted molar refractivity (Wildman–Crippen MR) is 119 cm³/mol. The van der Waals surface area contributed by atoms with Crippen LogP contribution in [-0.4, -0.2) is 56.3 Å². The summed E-state index contributed by atoms with van der Waals surface area (Å²) in [4.78, 5) is 12.3. The van der Waals surface area contributed by atoms with Crippen LogP contribution in [0.25, 0.3) is 22.0 Å². The van der Waals surface area contributed by atoms with E-state index in [-0.39, 0.29) is 5.54 Å². The SMILES string of the molecule is COc1nc(-c2ccc(N3CC[C@@H](NC(C)(C)C)C3)nn2)cnc1-c1cc(C)ns1. The maximum atomic E-state index is 5.47. The number of nitrogens with one attached hydrogen (secondary N) is 1. The third-order valence-electron chi connectivity index (χ3n) is 4.86. The standard InChI is InChI=1S/C21H27N7OS/c1-13-10-17(30-27-13)19-20(29-5)23-16(11-22-19)15-6-7-18(26-25-15)28-9-8-14(12-28)24-21(2,3)4/h6-7,10-11,14,24H,8-9,12H2,1-5H3/t14-/m1/s1. The Hall–Kier alpha value is -2.65. The van der Waals surface area contributed by atoms with Crippen molar-refractivity contribution in [2.24, 2.45) is 0 Å². The maximum Gasteiger partial charge on any atom is 0.241 e. The minimum Gasteiger partial charge on any atom is -0.479 e. The van der Waals surface area contributed by atoms with Gasteiger partial charge in [0.15, 0.2) is 5.82 Å². The van der Waals surface area contributed by atoms with E-state index in [1.807, 2.05) is 25.1 Å². The fraction of sp³-hybridized carbons (Fsp3) is 0.476. The number of rotatable bonds is 5. The number of nitrogens with zero attached hydrogens (tertiary/aromatic N) is 6. The molecule has 8 nitrogen and oxygen atoms in total. The summed E-state index contributed by atoms with van der Waals surface area (Å²) in [6, 6.07) is 6.37. The number of ether oxygens (including phenoxy) is 1. The minimum absolute atomic E-state index is 0.109. The number of aryl methyl sites for hydroxylation is 1. The van der Waals surface area contributed by atoms with E-state index in [1.54, 1.807) is 13.3 Å². The first-order valence-electron chi connectivity index (χ1n) is 10.0. The quantitative estimate of drug-likeness (QED) is 0.666. The van der Waals surface area contributed by atoms with E-state index in [1.165, 1.54) is 11.5 Å². The van der Waals surface area contributed by atoms with Gasteiger partial charge in [0.05, 0.1) is 23.9 Å². The molecule has 0 amide bonds. The third kappa shape index (κ3) is 4.57. The van der Waals surface area contributed by atoms with Crippen LogP contribution in [0, 0.1) is 6.92 Å². The van der Waals surface area contributed by atoms with Crippen LogP contribution < -0.4 is 15.0 Å². The molecule has 1 saturated heterocycles. The van der Waals surface area contributed by atoms with E-state index >= 15 is 0 Å². The summed E-state index contributed by atoms with van der Waals surface area (Å²) >= 11 is 1.38. The van der Waals surface area contributed by atoms with Gasteiger partial charge in [0, 0.05) is 24.7 Å². The summed E-state index contributed by atoms with van der Waals surface area (Å²) in [5.74, 6) is 1.34. The molecule has 0 radical (unpaired) electrons. The summed E-state index contributed by atoms with van der Waals surface area (Å²) < 4.78 is 9.78. The van der Waals surface area contributed by atoms with Crippen molar-refractivity contribution in [2.45, 2.75) is 45.7 Å². The fourth-order valence-corrected chi connectivity index (χ4v) is 4.36. The monoisotopic (exact) mass is 425 g/mol. The molecule has 3 aromatic rings. The maximum absolute atomic E-state index is 5.47. The van der Waals surface area contributed by atoms with Gasteiger partial charge in [-0.05, 0) is 63.8 Å². The number of aromatic nitrogens is 5. The lowest BCUT2D eigenvalue weighted by Gasteiger charge is -2.26. The van der Waals surface area contributed by atoms with Gasteiger partial charge in [0.2, 0.25) is 5.88 Å². The molecule has 1 aliphatic rings. The summed E-state index contributed by atoms with van der Waals surface area (Å²) in [5.41, 5.74) is 3.04. The molecule has 0 bridgehead atoms. The van der Waals surface area contributed by atoms with E-state index in [4.69, 9.17) is 4.74 Å². The molecule has 0 spiro atoms. The van der Waals surface area contributed by atoms with Crippen molar-refractivity contribution in [1.29, 1.82) is 0 Å². The average Bonchev–Trinajstić information content (AvgIpc) is 3.35. The summed E-state index contributed by atoms with van der Waals surface area (Å²) in [6.07, 6.45) is 2.80. The molecule has 0 unspecified atom stereocenters. The lowest BCUT2D eigenvalue weighted by molar-refractivity contribution is 0.373. The van der Waals surface area contributed by atoms with Crippen molar-refractivity contribution in [2.75, 3.05) is 25.1 Å². The summed E-state index contributed by atoms with van der Waals surface area (Å²) in [6.45, 7) is 10.4. The van der Waals surface area contributed by atoms with Crippen molar-refractivity contribution in [3.05, 3.63) is 30.1 Å². The Kier molecular flexibility index (Phi) is 5.66. The van der Waals surface area contributed by atoms with Crippen LogP contribution in [0.1, 0.15) is 32.9 Å². The van der Waals surface area contributed by atoms with Gasteiger partial charge in [-0.1, -0.05) is 0 Å². The second-order valence-electron chi connectivity index (χ2n) is 8.55. The van der Waals surface area contributed by atoms with Crippen molar-refractivity contribution < 1.29 is 4.74 Å². The van der Waals surface area contributed by atoms with Gasteiger partial charge in [0.1, 0.15) is 17.1 Å². The van der Waals surface area contributed by atoms with Gasteiger partial charge >= 0.3 is 0 Å². The minimum atomic E-state index is 0.109. The lowest BCUT2D eigenvalue weighted by Crippen LogP contribution is -2.45. The lowest BCUT2D eigenvalue weighted by atomic mass is 10.1. The molecule has 1 N–H and O–H groups in total. The van der Waals surface area contributed by atoms with E-state index in [9.17, 15) is 0 Å². The van der Waals surface area contributed by atoms with Crippen molar-refractivity contribution >= 4 is 17.4 Å². The molecule has 4 heterocycles. The Balaban J connectivity index is 1.50. The molecule has 1 aliphatic heterocycles. The topological polar surface area (TPSA) is 89.0 Å². The molecule has 3 aromatic heterocycles. The molecular weight excluding hydrogens is 398 g/mol. The molecule has 0 aromatic carbocycles. The Morgan fingerprint density at radius 3 is 2.67 bits per heavy atom. The molecule has 4 rings (SSSR count). The van der Waals surface area contributed by atoms with Gasteiger partial charge in [-0.15, -0.1) is 10.2 Å². The smallest absolute Gasteiger partial charge is 0.241 e. The molecule has 9 heteroatoms. The summed E-state index contributed by atoms with van der Waals surface area (Å²) in [7, 11) is 1.59. The van der Waals surface area contributed by atoms with Crippen LogP contribution in [-0.2, 0) is 0 Å².